The predicted molar refractivity (Wildman–Crippen MR) is 95.5 cm³/mol. The summed E-state index contributed by atoms with van der Waals surface area (Å²) in [5.41, 5.74) is 1.44. The van der Waals surface area contributed by atoms with Gasteiger partial charge in [-0.3, -0.25) is 4.90 Å². The SMILES string of the molecule is CCc1nc(Cl)c2n1CCN(C(=O)O)C2CCc1ccc(OC(F)(F)F)cc1. The van der Waals surface area contributed by atoms with Gasteiger partial charge in [0.05, 0.1) is 11.7 Å². The van der Waals surface area contributed by atoms with Crippen molar-refractivity contribution in [2.75, 3.05) is 6.54 Å². The van der Waals surface area contributed by atoms with Gasteiger partial charge in [0.2, 0.25) is 0 Å². The molecule has 0 radical (unpaired) electrons. The first-order valence-corrected chi connectivity index (χ1v) is 9.16. The minimum atomic E-state index is -4.74. The van der Waals surface area contributed by atoms with Gasteiger partial charge in [0.25, 0.3) is 0 Å². The molecule has 1 aliphatic rings. The number of fused-ring (bicyclic) bond motifs is 1. The molecule has 3 rings (SSSR count). The third-order valence-electron chi connectivity index (χ3n) is 4.72. The van der Waals surface area contributed by atoms with E-state index in [2.05, 4.69) is 9.72 Å². The number of nitrogens with zero attached hydrogens (tertiary/aromatic N) is 3. The number of rotatable bonds is 5. The summed E-state index contributed by atoms with van der Waals surface area (Å²) in [6, 6.07) is 5.07. The number of benzene rings is 1. The second-order valence-electron chi connectivity index (χ2n) is 6.43. The topological polar surface area (TPSA) is 67.6 Å². The van der Waals surface area contributed by atoms with Crippen molar-refractivity contribution in [2.45, 2.75) is 45.1 Å². The van der Waals surface area contributed by atoms with Crippen LogP contribution < -0.4 is 4.74 Å². The summed E-state index contributed by atoms with van der Waals surface area (Å²) in [6.45, 7) is 2.77. The number of ether oxygens (including phenoxy) is 1. The second-order valence-corrected chi connectivity index (χ2v) is 6.79. The molecule has 2 heterocycles. The van der Waals surface area contributed by atoms with Crippen molar-refractivity contribution in [3.63, 3.8) is 0 Å². The number of amides is 1. The third-order valence-corrected chi connectivity index (χ3v) is 5.00. The molecule has 0 spiro atoms. The number of alkyl halides is 3. The number of aryl methyl sites for hydroxylation is 2. The van der Waals surface area contributed by atoms with Crippen LogP contribution >= 0.6 is 11.6 Å². The highest BCUT2D eigenvalue weighted by atomic mass is 35.5. The Labute approximate surface area is 164 Å². The molecule has 6 nitrogen and oxygen atoms in total. The number of hydrogen-bond donors (Lipinski definition) is 1. The van der Waals surface area contributed by atoms with Crippen molar-refractivity contribution in [3.05, 3.63) is 46.5 Å². The van der Waals surface area contributed by atoms with Gasteiger partial charge in [0, 0.05) is 19.5 Å². The first kappa shape index (κ1) is 20.3. The van der Waals surface area contributed by atoms with Crippen LogP contribution in [0.3, 0.4) is 0 Å². The van der Waals surface area contributed by atoms with Crippen molar-refractivity contribution in [3.8, 4) is 5.75 Å². The fourth-order valence-electron chi connectivity index (χ4n) is 3.51. The first-order chi connectivity index (χ1) is 13.2. The molecule has 1 unspecified atom stereocenters. The molecule has 1 N–H and O–H groups in total. The summed E-state index contributed by atoms with van der Waals surface area (Å²) in [5, 5.41) is 9.85. The van der Waals surface area contributed by atoms with Gasteiger partial charge in [-0.2, -0.15) is 0 Å². The van der Waals surface area contributed by atoms with Crippen LogP contribution in [0.2, 0.25) is 5.15 Å². The lowest BCUT2D eigenvalue weighted by molar-refractivity contribution is -0.274. The van der Waals surface area contributed by atoms with Gasteiger partial charge >= 0.3 is 12.5 Å². The van der Waals surface area contributed by atoms with Gasteiger partial charge < -0.3 is 14.4 Å². The molecule has 0 saturated heterocycles. The fraction of sp³-hybridized carbons (Fsp3) is 0.444. The van der Waals surface area contributed by atoms with Crippen LogP contribution in [0.25, 0.3) is 0 Å². The Morgan fingerprint density at radius 1 is 1.32 bits per heavy atom. The summed E-state index contributed by atoms with van der Waals surface area (Å²) in [4.78, 5) is 17.4. The highest BCUT2D eigenvalue weighted by Crippen LogP contribution is 2.35. The molecule has 0 saturated carbocycles. The first-order valence-electron chi connectivity index (χ1n) is 8.78. The number of imidazole rings is 1. The number of aromatic nitrogens is 2. The molecular weight excluding hydrogens is 399 g/mol. The highest BCUT2D eigenvalue weighted by molar-refractivity contribution is 6.30. The van der Waals surface area contributed by atoms with E-state index in [9.17, 15) is 23.1 Å². The monoisotopic (exact) mass is 417 g/mol. The van der Waals surface area contributed by atoms with Crippen LogP contribution in [-0.2, 0) is 19.4 Å². The zero-order chi connectivity index (χ0) is 20.5. The van der Waals surface area contributed by atoms with E-state index in [1.807, 2.05) is 11.5 Å². The second kappa shape index (κ2) is 7.90. The van der Waals surface area contributed by atoms with E-state index in [4.69, 9.17) is 11.6 Å². The van der Waals surface area contributed by atoms with Gasteiger partial charge in [-0.15, -0.1) is 13.2 Å². The van der Waals surface area contributed by atoms with Crippen molar-refractivity contribution >= 4 is 17.7 Å². The Bertz CT molecular complexity index is 852. The Balaban J connectivity index is 1.78. The molecule has 1 aromatic carbocycles. The van der Waals surface area contributed by atoms with Crippen molar-refractivity contribution in [1.82, 2.24) is 14.5 Å². The van der Waals surface area contributed by atoms with Gasteiger partial charge in [-0.1, -0.05) is 30.7 Å². The molecule has 10 heteroatoms. The third kappa shape index (κ3) is 4.35. The quantitative estimate of drug-likeness (QED) is 0.768. The smallest absolute Gasteiger partial charge is 0.465 e. The van der Waals surface area contributed by atoms with E-state index in [1.165, 1.54) is 29.2 Å². The summed E-state index contributed by atoms with van der Waals surface area (Å²) in [6.07, 6.45) is -4.21. The van der Waals surface area contributed by atoms with Gasteiger partial charge in [-0.05, 0) is 30.5 Å². The van der Waals surface area contributed by atoms with E-state index >= 15 is 0 Å². The molecule has 152 valence electrons. The maximum Gasteiger partial charge on any atom is 0.573 e. The van der Waals surface area contributed by atoms with Crippen molar-refractivity contribution < 1.29 is 27.8 Å². The lowest BCUT2D eigenvalue weighted by Crippen LogP contribution is -2.42. The lowest BCUT2D eigenvalue weighted by Gasteiger charge is -2.35. The highest BCUT2D eigenvalue weighted by Gasteiger charge is 2.35. The summed E-state index contributed by atoms with van der Waals surface area (Å²) in [7, 11) is 0. The standard InChI is InChI=1S/C18H19ClF3N3O3/c1-2-14-23-16(19)15-13(24(17(26)27)9-10-25(14)15)8-5-11-3-6-12(7-4-11)28-18(20,21)22/h3-4,6-7,13H,2,5,8-10H2,1H3,(H,26,27). The van der Waals surface area contributed by atoms with Crippen molar-refractivity contribution in [1.29, 1.82) is 0 Å². The van der Waals surface area contributed by atoms with Gasteiger partial charge in [0.1, 0.15) is 11.6 Å². The molecule has 1 amide bonds. The van der Waals surface area contributed by atoms with Crippen LogP contribution in [0.15, 0.2) is 24.3 Å². The fourth-order valence-corrected chi connectivity index (χ4v) is 3.84. The number of carboxylic acid groups (broad SMARTS) is 1. The van der Waals surface area contributed by atoms with Crippen molar-refractivity contribution in [2.24, 2.45) is 0 Å². The summed E-state index contributed by atoms with van der Waals surface area (Å²) >= 11 is 6.30. The summed E-state index contributed by atoms with van der Waals surface area (Å²) < 4.78 is 42.6. The molecule has 1 atom stereocenters. The summed E-state index contributed by atoms with van der Waals surface area (Å²) in [5.74, 6) is 0.512. The molecule has 0 bridgehead atoms. The van der Waals surface area contributed by atoms with Gasteiger partial charge in [-0.25, -0.2) is 9.78 Å². The average molecular weight is 418 g/mol. The molecular formula is C18H19ClF3N3O3. The van der Waals surface area contributed by atoms with Crippen LogP contribution in [0.1, 0.15) is 36.5 Å². The lowest BCUT2D eigenvalue weighted by atomic mass is 10.0. The maximum atomic E-state index is 12.3. The number of carbonyl (C=O) groups is 1. The molecule has 1 aliphatic heterocycles. The van der Waals surface area contributed by atoms with E-state index in [0.717, 1.165) is 11.4 Å². The van der Waals surface area contributed by atoms with E-state index in [0.29, 0.717) is 43.2 Å². The van der Waals surface area contributed by atoms with Crippen LogP contribution in [0.4, 0.5) is 18.0 Å². The Morgan fingerprint density at radius 2 is 2.00 bits per heavy atom. The molecule has 2 aromatic rings. The minimum Gasteiger partial charge on any atom is -0.465 e. The van der Waals surface area contributed by atoms with E-state index in [-0.39, 0.29) is 5.75 Å². The maximum absolute atomic E-state index is 12.3. The average Bonchev–Trinajstić information content (AvgIpc) is 2.95. The molecule has 1 aromatic heterocycles. The molecule has 0 fully saturated rings. The normalized spacial score (nSPS) is 16.8. The Morgan fingerprint density at radius 3 is 2.57 bits per heavy atom. The molecule has 0 aliphatic carbocycles. The Kier molecular flexibility index (Phi) is 5.74. The zero-order valence-corrected chi connectivity index (χ0v) is 15.8. The minimum absolute atomic E-state index is 0.293. The zero-order valence-electron chi connectivity index (χ0n) is 15.0. The van der Waals surface area contributed by atoms with Crippen LogP contribution in [-0.4, -0.2) is 38.6 Å². The molecule has 28 heavy (non-hydrogen) atoms. The largest absolute Gasteiger partial charge is 0.573 e. The van der Waals surface area contributed by atoms with Crippen LogP contribution in [0.5, 0.6) is 5.75 Å². The Hall–Kier alpha value is -2.42. The van der Waals surface area contributed by atoms with Crippen LogP contribution in [0, 0.1) is 0 Å². The number of halogens is 4. The van der Waals surface area contributed by atoms with Gasteiger partial charge in [0.15, 0.2) is 5.15 Å². The van der Waals surface area contributed by atoms with E-state index in [1.54, 1.807) is 0 Å². The van der Waals surface area contributed by atoms with E-state index < -0.39 is 18.5 Å². The number of hydrogen-bond acceptors (Lipinski definition) is 3. The predicted octanol–water partition coefficient (Wildman–Crippen LogP) is 4.67.